The Kier molecular flexibility index (Phi) is 4.15. The van der Waals surface area contributed by atoms with Crippen molar-refractivity contribution in [3.63, 3.8) is 0 Å². The van der Waals surface area contributed by atoms with Crippen molar-refractivity contribution < 1.29 is 14.3 Å². The zero-order chi connectivity index (χ0) is 11.4. The molecular formula is C11H13BrO3. The molecule has 3 nitrogen and oxygen atoms in total. The third kappa shape index (κ3) is 2.72. The quantitative estimate of drug-likeness (QED) is 0.794. The van der Waals surface area contributed by atoms with E-state index in [9.17, 15) is 4.79 Å². The first-order valence-electron chi connectivity index (χ1n) is 4.51. The number of carbonyl (C=O) groups is 1. The van der Waals surface area contributed by atoms with Crippen LogP contribution in [0, 0.1) is 0 Å². The van der Waals surface area contributed by atoms with Gasteiger partial charge in [0, 0.05) is 0 Å². The molecule has 0 N–H and O–H groups in total. The molecule has 1 unspecified atom stereocenters. The number of methoxy groups -OCH3 is 2. The van der Waals surface area contributed by atoms with Gasteiger partial charge in [-0.15, -0.1) is 0 Å². The van der Waals surface area contributed by atoms with Crippen LogP contribution in [-0.2, 0) is 9.53 Å². The largest absolute Gasteiger partial charge is 0.496 e. The van der Waals surface area contributed by atoms with Crippen LogP contribution in [0.1, 0.15) is 18.4 Å². The molecule has 0 radical (unpaired) electrons. The summed E-state index contributed by atoms with van der Waals surface area (Å²) < 4.78 is 10.6. The van der Waals surface area contributed by atoms with Gasteiger partial charge in [-0.05, 0) is 40.5 Å². The fourth-order valence-electron chi connectivity index (χ4n) is 1.26. The molecule has 0 aromatic heterocycles. The van der Waals surface area contributed by atoms with E-state index in [0.29, 0.717) is 0 Å². The van der Waals surface area contributed by atoms with Gasteiger partial charge in [0.2, 0.25) is 0 Å². The number of carbonyl (C=O) groups excluding carboxylic acids is 1. The van der Waals surface area contributed by atoms with Crippen LogP contribution < -0.4 is 4.74 Å². The molecule has 4 heteroatoms. The Hall–Kier alpha value is -1.03. The van der Waals surface area contributed by atoms with E-state index in [1.54, 1.807) is 14.0 Å². The highest BCUT2D eigenvalue weighted by molar-refractivity contribution is 9.10. The zero-order valence-corrected chi connectivity index (χ0v) is 10.5. The maximum absolute atomic E-state index is 11.3. The van der Waals surface area contributed by atoms with E-state index in [-0.39, 0.29) is 11.9 Å². The lowest BCUT2D eigenvalue weighted by Gasteiger charge is -2.11. The van der Waals surface area contributed by atoms with Crippen molar-refractivity contribution in [2.45, 2.75) is 12.8 Å². The monoisotopic (exact) mass is 272 g/mol. The van der Waals surface area contributed by atoms with Gasteiger partial charge in [-0.25, -0.2) is 0 Å². The van der Waals surface area contributed by atoms with E-state index in [1.807, 2.05) is 18.2 Å². The molecule has 0 fully saturated rings. The number of benzene rings is 1. The van der Waals surface area contributed by atoms with Crippen LogP contribution in [0.15, 0.2) is 22.7 Å². The topological polar surface area (TPSA) is 35.5 Å². The van der Waals surface area contributed by atoms with E-state index in [2.05, 4.69) is 20.7 Å². The summed E-state index contributed by atoms with van der Waals surface area (Å²) in [5.41, 5.74) is 0.898. The zero-order valence-electron chi connectivity index (χ0n) is 8.91. The van der Waals surface area contributed by atoms with Gasteiger partial charge < -0.3 is 9.47 Å². The molecule has 82 valence electrons. The highest BCUT2D eigenvalue weighted by Crippen LogP contribution is 2.28. The van der Waals surface area contributed by atoms with Crippen LogP contribution >= 0.6 is 15.9 Å². The van der Waals surface area contributed by atoms with Gasteiger partial charge in [0.15, 0.2) is 0 Å². The van der Waals surface area contributed by atoms with Gasteiger partial charge in [-0.3, -0.25) is 4.79 Å². The van der Waals surface area contributed by atoms with E-state index >= 15 is 0 Å². The number of rotatable bonds is 3. The van der Waals surface area contributed by atoms with Gasteiger partial charge in [-0.2, -0.15) is 0 Å². The minimum atomic E-state index is -0.266. The Morgan fingerprint density at radius 3 is 2.53 bits per heavy atom. The summed E-state index contributed by atoms with van der Waals surface area (Å²) in [7, 11) is 2.99. The molecule has 0 saturated carbocycles. The molecule has 0 aliphatic carbocycles. The third-order valence-electron chi connectivity index (χ3n) is 2.23. The van der Waals surface area contributed by atoms with Crippen LogP contribution in [-0.4, -0.2) is 20.2 Å². The molecule has 0 amide bonds. The van der Waals surface area contributed by atoms with Crippen LogP contribution in [0.5, 0.6) is 5.75 Å². The molecule has 0 spiro atoms. The van der Waals surface area contributed by atoms with Crippen molar-refractivity contribution >= 4 is 21.9 Å². The molecule has 0 saturated heterocycles. The molecular weight excluding hydrogens is 260 g/mol. The summed E-state index contributed by atoms with van der Waals surface area (Å²) in [6.45, 7) is 1.81. The van der Waals surface area contributed by atoms with Crippen LogP contribution in [0.2, 0.25) is 0 Å². The summed E-state index contributed by atoms with van der Waals surface area (Å²) in [5.74, 6) is 0.236. The number of esters is 1. The van der Waals surface area contributed by atoms with Crippen molar-refractivity contribution in [1.82, 2.24) is 0 Å². The fourth-order valence-corrected chi connectivity index (χ4v) is 1.82. The van der Waals surface area contributed by atoms with Gasteiger partial charge in [0.25, 0.3) is 0 Å². The maximum atomic E-state index is 11.3. The minimum absolute atomic E-state index is 0.243. The molecule has 1 aromatic carbocycles. The fraction of sp³-hybridized carbons (Fsp3) is 0.364. The lowest BCUT2D eigenvalue weighted by atomic mass is 10.0. The molecule has 1 atom stereocenters. The highest BCUT2D eigenvalue weighted by atomic mass is 79.9. The number of ether oxygens (including phenoxy) is 2. The van der Waals surface area contributed by atoms with Crippen LogP contribution in [0.4, 0.5) is 0 Å². The molecule has 1 aromatic rings. The molecule has 1 rings (SSSR count). The lowest BCUT2D eigenvalue weighted by molar-refractivity contribution is -0.141. The number of halogens is 1. The SMILES string of the molecule is COC(=O)C(C)c1ccc(OC)c(Br)c1. The Balaban J connectivity index is 2.97. The first-order chi connectivity index (χ1) is 7.10. The standard InChI is InChI=1S/C11H13BrO3/c1-7(11(13)15-3)8-4-5-10(14-2)9(12)6-8/h4-7H,1-3H3. The normalized spacial score (nSPS) is 12.0. The van der Waals surface area contributed by atoms with Gasteiger partial charge in [0.1, 0.15) is 5.75 Å². The van der Waals surface area contributed by atoms with E-state index < -0.39 is 0 Å². The summed E-state index contributed by atoms with van der Waals surface area (Å²) in [5, 5.41) is 0. The maximum Gasteiger partial charge on any atom is 0.312 e. The van der Waals surface area contributed by atoms with Crippen LogP contribution in [0.3, 0.4) is 0 Å². The van der Waals surface area contributed by atoms with E-state index in [1.165, 1.54) is 7.11 Å². The predicted octanol–water partition coefficient (Wildman–Crippen LogP) is 2.73. The van der Waals surface area contributed by atoms with Gasteiger partial charge in [0.05, 0.1) is 24.6 Å². The second-order valence-corrected chi connectivity index (χ2v) is 3.99. The molecule has 0 aliphatic heterocycles. The Morgan fingerprint density at radius 2 is 2.07 bits per heavy atom. The second-order valence-electron chi connectivity index (χ2n) is 3.14. The van der Waals surface area contributed by atoms with E-state index in [0.717, 1.165) is 15.8 Å². The average Bonchev–Trinajstić information content (AvgIpc) is 2.26. The summed E-state index contributed by atoms with van der Waals surface area (Å²) in [6, 6.07) is 5.53. The Bertz CT molecular complexity index is 363. The van der Waals surface area contributed by atoms with Gasteiger partial charge in [-0.1, -0.05) is 6.07 Å². The van der Waals surface area contributed by atoms with Crippen molar-refractivity contribution in [3.05, 3.63) is 28.2 Å². The summed E-state index contributed by atoms with van der Waals surface area (Å²) >= 11 is 3.37. The lowest BCUT2D eigenvalue weighted by Crippen LogP contribution is -2.10. The first kappa shape index (κ1) is 12.0. The summed E-state index contributed by atoms with van der Waals surface area (Å²) in [6.07, 6.45) is 0. The van der Waals surface area contributed by atoms with Crippen molar-refractivity contribution in [2.75, 3.05) is 14.2 Å². The minimum Gasteiger partial charge on any atom is -0.496 e. The third-order valence-corrected chi connectivity index (χ3v) is 2.85. The van der Waals surface area contributed by atoms with E-state index in [4.69, 9.17) is 4.74 Å². The molecule has 0 bridgehead atoms. The first-order valence-corrected chi connectivity index (χ1v) is 5.30. The second kappa shape index (κ2) is 5.16. The van der Waals surface area contributed by atoms with Gasteiger partial charge >= 0.3 is 5.97 Å². The number of hydrogen-bond donors (Lipinski definition) is 0. The Labute approximate surface area is 97.5 Å². The van der Waals surface area contributed by atoms with Crippen molar-refractivity contribution in [3.8, 4) is 5.75 Å². The van der Waals surface area contributed by atoms with Crippen LogP contribution in [0.25, 0.3) is 0 Å². The number of hydrogen-bond acceptors (Lipinski definition) is 3. The smallest absolute Gasteiger partial charge is 0.312 e. The van der Waals surface area contributed by atoms with Crippen molar-refractivity contribution in [1.29, 1.82) is 0 Å². The summed E-state index contributed by atoms with van der Waals surface area (Å²) in [4.78, 5) is 11.3. The molecule has 0 aliphatic rings. The van der Waals surface area contributed by atoms with Crippen molar-refractivity contribution in [2.24, 2.45) is 0 Å². The molecule has 0 heterocycles. The highest BCUT2D eigenvalue weighted by Gasteiger charge is 2.16. The average molecular weight is 273 g/mol. The molecule has 15 heavy (non-hydrogen) atoms. The Morgan fingerprint density at radius 1 is 1.40 bits per heavy atom. The predicted molar refractivity (Wildman–Crippen MR) is 61.1 cm³/mol.